The number of hydrogen-bond donors (Lipinski definition) is 1. The van der Waals surface area contributed by atoms with E-state index in [-0.39, 0.29) is 6.42 Å². The minimum Gasteiger partial charge on any atom is -0.481 e. The lowest BCUT2D eigenvalue weighted by Crippen LogP contribution is -1.95. The maximum atomic E-state index is 10.4. The maximum Gasteiger partial charge on any atom is 0.303 e. The highest BCUT2D eigenvalue weighted by Crippen LogP contribution is 2.27. The molecule has 0 amide bonds. The van der Waals surface area contributed by atoms with E-state index in [9.17, 15) is 4.79 Å². The van der Waals surface area contributed by atoms with Crippen LogP contribution in [0.15, 0.2) is 22.6 Å². The second kappa shape index (κ2) is 5.84. The molecule has 0 aliphatic heterocycles. The number of nitrogens with zero attached hydrogens (tertiary/aromatic N) is 2. The monoisotopic (exact) mass is 280 g/mol. The van der Waals surface area contributed by atoms with Crippen LogP contribution in [0.1, 0.15) is 24.3 Å². The summed E-state index contributed by atoms with van der Waals surface area (Å²) in [6, 6.07) is 5.47. The summed E-state index contributed by atoms with van der Waals surface area (Å²) in [5, 5.41) is 17.1. The number of aromatic nitrogens is 2. The molecule has 0 spiro atoms. The number of carboxylic acid groups (broad SMARTS) is 1. The van der Waals surface area contributed by atoms with Crippen molar-refractivity contribution in [2.24, 2.45) is 0 Å². The number of hydrogen-bond acceptors (Lipinski definition) is 4. The van der Waals surface area contributed by atoms with E-state index >= 15 is 0 Å². The van der Waals surface area contributed by atoms with Crippen LogP contribution >= 0.6 is 11.6 Å². The first kappa shape index (κ1) is 13.5. The van der Waals surface area contributed by atoms with Crippen molar-refractivity contribution in [3.63, 3.8) is 0 Å². The lowest BCUT2D eigenvalue weighted by molar-refractivity contribution is -0.137. The first-order chi connectivity index (χ1) is 9.08. The van der Waals surface area contributed by atoms with E-state index in [0.29, 0.717) is 29.6 Å². The van der Waals surface area contributed by atoms with Gasteiger partial charge in [0.1, 0.15) is 0 Å². The molecule has 100 valence electrons. The Balaban J connectivity index is 2.12. The summed E-state index contributed by atoms with van der Waals surface area (Å²) < 4.78 is 5.51. The Morgan fingerprint density at radius 1 is 1.42 bits per heavy atom. The second-order valence-electron chi connectivity index (χ2n) is 4.16. The van der Waals surface area contributed by atoms with E-state index in [1.807, 2.05) is 19.1 Å². The molecule has 2 rings (SSSR count). The van der Waals surface area contributed by atoms with Crippen LogP contribution in [-0.4, -0.2) is 21.3 Å². The molecule has 0 unspecified atom stereocenters. The van der Waals surface area contributed by atoms with Gasteiger partial charge in [0, 0.05) is 23.4 Å². The van der Waals surface area contributed by atoms with Gasteiger partial charge in [0.25, 0.3) is 0 Å². The molecule has 0 atom stereocenters. The van der Waals surface area contributed by atoms with Crippen molar-refractivity contribution in [1.82, 2.24) is 10.2 Å². The molecule has 1 heterocycles. The van der Waals surface area contributed by atoms with E-state index in [4.69, 9.17) is 21.1 Å². The molecule has 1 N–H and O–H groups in total. The molecule has 0 aliphatic carbocycles. The topological polar surface area (TPSA) is 76.2 Å². The first-order valence-corrected chi connectivity index (χ1v) is 6.25. The molecule has 19 heavy (non-hydrogen) atoms. The number of aliphatic carboxylic acids is 1. The summed E-state index contributed by atoms with van der Waals surface area (Å²) in [7, 11) is 0. The molecule has 0 saturated carbocycles. The minimum absolute atomic E-state index is 0.0912. The molecular weight excluding hydrogens is 268 g/mol. The summed E-state index contributed by atoms with van der Waals surface area (Å²) in [6.45, 7) is 1.88. The standard InChI is InChI=1S/C13H13ClN2O3/c1-8-9(4-2-5-10(8)14)13-16-15-11(19-13)6-3-7-12(17)18/h2,4-5H,3,6-7H2,1H3,(H,17,18). The normalized spacial score (nSPS) is 10.6. The Kier molecular flexibility index (Phi) is 4.16. The minimum atomic E-state index is -0.828. The molecule has 0 bridgehead atoms. The molecule has 1 aromatic carbocycles. The fourth-order valence-corrected chi connectivity index (χ4v) is 1.87. The Bertz CT molecular complexity index is 595. The molecular formula is C13H13ClN2O3. The highest BCUT2D eigenvalue weighted by Gasteiger charge is 2.12. The predicted molar refractivity (Wildman–Crippen MR) is 70.1 cm³/mol. The third kappa shape index (κ3) is 3.32. The van der Waals surface area contributed by atoms with Gasteiger partial charge in [-0.25, -0.2) is 0 Å². The van der Waals surface area contributed by atoms with Gasteiger partial charge in [0.05, 0.1) is 0 Å². The fourth-order valence-electron chi connectivity index (χ4n) is 1.69. The molecule has 1 aromatic heterocycles. The van der Waals surface area contributed by atoms with E-state index in [1.54, 1.807) is 6.07 Å². The average Bonchev–Trinajstić information content (AvgIpc) is 2.81. The Hall–Kier alpha value is -1.88. The molecule has 2 aromatic rings. The van der Waals surface area contributed by atoms with Crippen molar-refractivity contribution < 1.29 is 14.3 Å². The Morgan fingerprint density at radius 2 is 2.21 bits per heavy atom. The SMILES string of the molecule is Cc1c(Cl)cccc1-c1nnc(CCCC(=O)O)o1. The zero-order valence-corrected chi connectivity index (χ0v) is 11.1. The molecule has 6 heteroatoms. The zero-order chi connectivity index (χ0) is 13.8. The van der Waals surface area contributed by atoms with Crippen LogP contribution in [0.25, 0.3) is 11.5 Å². The van der Waals surface area contributed by atoms with Crippen molar-refractivity contribution >= 4 is 17.6 Å². The Labute approximate surface area is 115 Å². The van der Waals surface area contributed by atoms with Gasteiger partial charge >= 0.3 is 5.97 Å². The van der Waals surface area contributed by atoms with Gasteiger partial charge in [0.2, 0.25) is 11.8 Å². The Morgan fingerprint density at radius 3 is 2.95 bits per heavy atom. The summed E-state index contributed by atoms with van der Waals surface area (Å²) in [5.41, 5.74) is 1.68. The predicted octanol–water partition coefficient (Wildman–Crippen LogP) is 3.11. The number of aryl methyl sites for hydroxylation is 1. The van der Waals surface area contributed by atoms with E-state index < -0.39 is 5.97 Å². The molecule has 0 aliphatic rings. The van der Waals surface area contributed by atoms with Crippen molar-refractivity contribution in [3.05, 3.63) is 34.7 Å². The molecule has 0 radical (unpaired) electrons. The summed E-state index contributed by atoms with van der Waals surface area (Å²) in [4.78, 5) is 10.4. The van der Waals surface area contributed by atoms with Gasteiger partial charge in [-0.1, -0.05) is 17.7 Å². The van der Waals surface area contributed by atoms with Crippen molar-refractivity contribution in [2.75, 3.05) is 0 Å². The average molecular weight is 281 g/mol. The highest BCUT2D eigenvalue weighted by molar-refractivity contribution is 6.31. The molecule has 0 fully saturated rings. The summed E-state index contributed by atoms with van der Waals surface area (Å²) in [5.74, 6) is 0.0198. The zero-order valence-electron chi connectivity index (χ0n) is 10.4. The van der Waals surface area contributed by atoms with Crippen LogP contribution in [0.3, 0.4) is 0 Å². The van der Waals surface area contributed by atoms with Gasteiger partial charge in [-0.15, -0.1) is 10.2 Å². The van der Waals surface area contributed by atoms with Gasteiger partial charge < -0.3 is 9.52 Å². The van der Waals surface area contributed by atoms with Crippen LogP contribution in [-0.2, 0) is 11.2 Å². The van der Waals surface area contributed by atoms with Crippen LogP contribution in [0.2, 0.25) is 5.02 Å². The van der Waals surface area contributed by atoms with Crippen molar-refractivity contribution in [2.45, 2.75) is 26.2 Å². The number of carbonyl (C=O) groups is 1. The summed E-state index contributed by atoms with van der Waals surface area (Å²) >= 11 is 6.03. The first-order valence-electron chi connectivity index (χ1n) is 5.87. The number of benzene rings is 1. The second-order valence-corrected chi connectivity index (χ2v) is 4.57. The number of rotatable bonds is 5. The van der Waals surface area contributed by atoms with Crippen molar-refractivity contribution in [3.8, 4) is 11.5 Å². The lowest BCUT2D eigenvalue weighted by Gasteiger charge is -2.02. The quantitative estimate of drug-likeness (QED) is 0.910. The molecule has 5 nitrogen and oxygen atoms in total. The van der Waals surface area contributed by atoms with Crippen LogP contribution in [0.5, 0.6) is 0 Å². The van der Waals surface area contributed by atoms with Gasteiger partial charge in [-0.2, -0.15) is 0 Å². The van der Waals surface area contributed by atoms with Crippen LogP contribution < -0.4 is 0 Å². The smallest absolute Gasteiger partial charge is 0.303 e. The summed E-state index contributed by atoms with van der Waals surface area (Å²) in [6.07, 6.45) is 1.03. The number of halogens is 1. The largest absolute Gasteiger partial charge is 0.481 e. The van der Waals surface area contributed by atoms with Crippen molar-refractivity contribution in [1.29, 1.82) is 0 Å². The molecule has 0 saturated heterocycles. The van der Waals surface area contributed by atoms with Crippen LogP contribution in [0, 0.1) is 6.92 Å². The highest BCUT2D eigenvalue weighted by atomic mass is 35.5. The van der Waals surface area contributed by atoms with E-state index in [2.05, 4.69) is 10.2 Å². The van der Waals surface area contributed by atoms with Crippen LogP contribution in [0.4, 0.5) is 0 Å². The third-order valence-corrected chi connectivity index (χ3v) is 3.16. The number of carboxylic acids is 1. The van der Waals surface area contributed by atoms with E-state index in [0.717, 1.165) is 11.1 Å². The lowest BCUT2D eigenvalue weighted by atomic mass is 10.1. The third-order valence-electron chi connectivity index (χ3n) is 2.75. The fraction of sp³-hybridized carbons (Fsp3) is 0.308. The van der Waals surface area contributed by atoms with Gasteiger partial charge in [-0.3, -0.25) is 4.79 Å². The van der Waals surface area contributed by atoms with Gasteiger partial charge in [0.15, 0.2) is 0 Å². The van der Waals surface area contributed by atoms with E-state index in [1.165, 1.54) is 0 Å². The maximum absolute atomic E-state index is 10.4. The van der Waals surface area contributed by atoms with Gasteiger partial charge in [-0.05, 0) is 31.0 Å².